The first-order valence-corrected chi connectivity index (χ1v) is 12.3. The Morgan fingerprint density at radius 3 is 2.58 bits per heavy atom. The van der Waals surface area contributed by atoms with Gasteiger partial charge in [-0.2, -0.15) is 0 Å². The third kappa shape index (κ3) is 3.92. The number of thioether (sulfide) groups is 1. The summed E-state index contributed by atoms with van der Waals surface area (Å²) in [5, 5.41) is 2.78. The van der Waals surface area contributed by atoms with Gasteiger partial charge in [0.2, 0.25) is 5.91 Å². The molecule has 0 atom stereocenters. The van der Waals surface area contributed by atoms with Crippen molar-refractivity contribution in [2.24, 2.45) is 0 Å². The Morgan fingerprint density at radius 1 is 1.19 bits per heavy atom. The molecule has 2 aromatic carbocycles. The van der Waals surface area contributed by atoms with Crippen LogP contribution in [0.1, 0.15) is 33.6 Å². The summed E-state index contributed by atoms with van der Waals surface area (Å²) in [6, 6.07) is 11.1. The lowest BCUT2D eigenvalue weighted by Gasteiger charge is -2.18. The summed E-state index contributed by atoms with van der Waals surface area (Å²) in [4.78, 5) is 39.7. The van der Waals surface area contributed by atoms with Gasteiger partial charge < -0.3 is 10.2 Å². The van der Waals surface area contributed by atoms with Crippen LogP contribution in [-0.2, 0) is 14.8 Å². The molecule has 10 heteroatoms. The summed E-state index contributed by atoms with van der Waals surface area (Å²) >= 11 is 1.49. The van der Waals surface area contributed by atoms with Crippen molar-refractivity contribution in [2.45, 2.75) is 28.7 Å². The summed E-state index contributed by atoms with van der Waals surface area (Å²) < 4.78 is 26.5. The first kappa shape index (κ1) is 21.4. The van der Waals surface area contributed by atoms with E-state index in [1.165, 1.54) is 41.9 Å². The number of amides is 3. The van der Waals surface area contributed by atoms with Gasteiger partial charge in [0.05, 0.1) is 17.8 Å². The number of nitrogens with zero attached hydrogens (tertiary/aromatic N) is 2. The van der Waals surface area contributed by atoms with Gasteiger partial charge in [0.25, 0.3) is 21.8 Å². The predicted octanol–water partition coefficient (Wildman–Crippen LogP) is 2.43. The minimum absolute atomic E-state index is 0.0810. The van der Waals surface area contributed by atoms with Crippen LogP contribution in [-0.4, -0.2) is 61.2 Å². The van der Waals surface area contributed by atoms with Crippen LogP contribution in [0.5, 0.6) is 0 Å². The molecular formula is C21H21N3O5S2. The van der Waals surface area contributed by atoms with E-state index in [0.29, 0.717) is 18.5 Å². The highest BCUT2D eigenvalue weighted by Crippen LogP contribution is 2.39. The van der Waals surface area contributed by atoms with Crippen LogP contribution in [0.4, 0.5) is 5.69 Å². The van der Waals surface area contributed by atoms with Crippen molar-refractivity contribution in [3.8, 4) is 0 Å². The number of para-hydroxylation sites is 1. The molecule has 8 nitrogen and oxygen atoms in total. The Kier molecular flexibility index (Phi) is 5.52. The number of hydrogen-bond acceptors (Lipinski definition) is 6. The molecule has 2 aliphatic rings. The summed E-state index contributed by atoms with van der Waals surface area (Å²) in [5.74, 6) is -1.43. The van der Waals surface area contributed by atoms with Crippen LogP contribution < -0.4 is 5.32 Å². The van der Waals surface area contributed by atoms with Crippen molar-refractivity contribution < 1.29 is 22.8 Å². The minimum Gasteiger partial charge on any atom is -0.332 e. The number of likely N-dealkylation sites (N-methyl/N-ethyl adjacent to an activating group) is 1. The van der Waals surface area contributed by atoms with Crippen molar-refractivity contribution in [2.75, 3.05) is 25.2 Å². The topological polar surface area (TPSA) is 104 Å². The molecule has 1 fully saturated rings. The molecule has 0 spiro atoms. The Balaban J connectivity index is 1.50. The Morgan fingerprint density at radius 2 is 1.90 bits per heavy atom. The van der Waals surface area contributed by atoms with Gasteiger partial charge in [-0.25, -0.2) is 12.7 Å². The molecule has 4 rings (SSSR count). The molecule has 1 heterocycles. The molecule has 3 amide bonds. The maximum atomic E-state index is 12.8. The molecule has 0 radical (unpaired) electrons. The largest absolute Gasteiger partial charge is 0.332 e. The molecule has 1 saturated carbocycles. The number of fused-ring (bicyclic) bond motifs is 1. The Bertz CT molecular complexity index is 1190. The van der Waals surface area contributed by atoms with Crippen LogP contribution in [0, 0.1) is 0 Å². The average Bonchev–Trinajstić information content (AvgIpc) is 3.54. The molecular weight excluding hydrogens is 438 g/mol. The lowest BCUT2D eigenvalue weighted by Crippen LogP contribution is -2.35. The number of carbonyl (C=O) groups is 3. The van der Waals surface area contributed by atoms with Crippen molar-refractivity contribution in [1.29, 1.82) is 0 Å². The van der Waals surface area contributed by atoms with E-state index in [1.807, 2.05) is 18.4 Å². The van der Waals surface area contributed by atoms with E-state index in [1.54, 1.807) is 12.1 Å². The fourth-order valence-corrected chi connectivity index (χ4v) is 5.89. The lowest BCUT2D eigenvalue weighted by atomic mass is 10.1. The average molecular weight is 460 g/mol. The van der Waals surface area contributed by atoms with Gasteiger partial charge in [-0.3, -0.25) is 14.4 Å². The number of nitrogens with one attached hydrogen (secondary N) is 1. The number of carbonyl (C=O) groups excluding carboxylic acids is 3. The number of anilines is 1. The monoisotopic (exact) mass is 459 g/mol. The van der Waals surface area contributed by atoms with Crippen LogP contribution in [0.15, 0.2) is 52.3 Å². The molecule has 0 bridgehead atoms. The highest BCUT2D eigenvalue weighted by atomic mass is 32.2. The molecule has 1 aliphatic carbocycles. The van der Waals surface area contributed by atoms with Crippen LogP contribution in [0.3, 0.4) is 0 Å². The van der Waals surface area contributed by atoms with E-state index in [0.717, 1.165) is 9.20 Å². The van der Waals surface area contributed by atoms with Gasteiger partial charge in [-0.05, 0) is 49.4 Å². The highest BCUT2D eigenvalue weighted by molar-refractivity contribution is 7.98. The predicted molar refractivity (Wildman–Crippen MR) is 117 cm³/mol. The number of rotatable bonds is 6. The maximum absolute atomic E-state index is 12.8. The van der Waals surface area contributed by atoms with Gasteiger partial charge in [0.1, 0.15) is 4.90 Å². The number of sulfonamides is 1. The normalized spacial score (nSPS) is 16.7. The number of benzene rings is 2. The van der Waals surface area contributed by atoms with Crippen molar-refractivity contribution in [3.63, 3.8) is 0 Å². The molecule has 2 aromatic rings. The lowest BCUT2D eigenvalue weighted by molar-refractivity contribution is -0.116. The van der Waals surface area contributed by atoms with E-state index in [4.69, 9.17) is 0 Å². The summed E-state index contributed by atoms with van der Waals surface area (Å²) in [6.07, 6.45) is 3.21. The Hall–Kier alpha value is -2.85. The summed E-state index contributed by atoms with van der Waals surface area (Å²) in [7, 11) is -2.49. The zero-order chi connectivity index (χ0) is 22.3. The van der Waals surface area contributed by atoms with Gasteiger partial charge in [-0.15, -0.1) is 11.8 Å². The fourth-order valence-electron chi connectivity index (χ4n) is 3.50. The minimum atomic E-state index is -3.95. The highest BCUT2D eigenvalue weighted by Gasteiger charge is 2.48. The van der Waals surface area contributed by atoms with Crippen LogP contribution >= 0.6 is 11.8 Å². The fraction of sp³-hybridized carbons (Fsp3) is 0.286. The first-order chi connectivity index (χ1) is 14.7. The zero-order valence-electron chi connectivity index (χ0n) is 17.0. The first-order valence-electron chi connectivity index (χ1n) is 9.65. The standard InChI is InChI=1S/C21H21N3O5S2/c1-23(12-19(25)22-16-5-3-4-6-17(16)30-2)20(26)13-7-10-15-18(11-13)31(28,29)24(21(15)27)14-8-9-14/h3-7,10-11,14H,8-9,12H2,1-2H3,(H,22,25). The third-order valence-corrected chi connectivity index (χ3v) is 7.85. The molecule has 31 heavy (non-hydrogen) atoms. The molecule has 0 unspecified atom stereocenters. The molecule has 0 aromatic heterocycles. The van der Waals surface area contributed by atoms with E-state index >= 15 is 0 Å². The molecule has 1 aliphatic heterocycles. The van der Waals surface area contributed by atoms with Crippen LogP contribution in [0.2, 0.25) is 0 Å². The zero-order valence-corrected chi connectivity index (χ0v) is 18.6. The smallest absolute Gasteiger partial charge is 0.269 e. The number of hydrogen-bond donors (Lipinski definition) is 1. The van der Waals surface area contributed by atoms with E-state index < -0.39 is 21.8 Å². The molecule has 1 N–H and O–H groups in total. The molecule has 162 valence electrons. The summed E-state index contributed by atoms with van der Waals surface area (Å²) in [5.41, 5.74) is 0.841. The quantitative estimate of drug-likeness (QED) is 0.666. The van der Waals surface area contributed by atoms with E-state index in [2.05, 4.69) is 5.32 Å². The van der Waals surface area contributed by atoms with Gasteiger partial charge in [0.15, 0.2) is 0 Å². The SMILES string of the molecule is CSc1ccccc1NC(=O)CN(C)C(=O)c1ccc2c(c1)S(=O)(=O)N(C1CC1)C2=O. The van der Waals surface area contributed by atoms with Gasteiger partial charge >= 0.3 is 0 Å². The maximum Gasteiger partial charge on any atom is 0.269 e. The van der Waals surface area contributed by atoms with E-state index in [-0.39, 0.29) is 34.5 Å². The van der Waals surface area contributed by atoms with E-state index in [9.17, 15) is 22.8 Å². The second-order valence-electron chi connectivity index (χ2n) is 7.46. The second-order valence-corrected chi connectivity index (χ2v) is 10.1. The van der Waals surface area contributed by atoms with Crippen molar-refractivity contribution in [3.05, 3.63) is 53.6 Å². The third-order valence-electron chi connectivity index (χ3n) is 5.18. The van der Waals surface area contributed by atoms with Gasteiger partial charge in [0, 0.05) is 23.5 Å². The summed E-state index contributed by atoms with van der Waals surface area (Å²) in [6.45, 7) is -0.210. The molecule has 0 saturated heterocycles. The van der Waals surface area contributed by atoms with Crippen molar-refractivity contribution in [1.82, 2.24) is 9.21 Å². The van der Waals surface area contributed by atoms with Crippen molar-refractivity contribution >= 4 is 45.2 Å². The second kappa shape index (κ2) is 8.01. The Labute approximate surface area is 184 Å². The van der Waals surface area contributed by atoms with Crippen LogP contribution in [0.25, 0.3) is 0 Å². The van der Waals surface area contributed by atoms with Gasteiger partial charge in [-0.1, -0.05) is 12.1 Å².